The molecule has 0 spiro atoms. The highest BCUT2D eigenvalue weighted by Crippen LogP contribution is 2.40. The number of likely N-dealkylation sites (tertiary alicyclic amines) is 1. The second-order valence-corrected chi connectivity index (χ2v) is 12.3. The normalized spacial score (nSPS) is 19.3. The maximum atomic E-state index is 13.6. The van der Waals surface area contributed by atoms with Crippen LogP contribution in [-0.4, -0.2) is 29.8 Å². The van der Waals surface area contributed by atoms with Crippen LogP contribution in [0.3, 0.4) is 0 Å². The number of hydrogen-bond donors (Lipinski definition) is 3. The van der Waals surface area contributed by atoms with Gasteiger partial charge in [0, 0.05) is 34.7 Å². The third-order valence-corrected chi connectivity index (χ3v) is 9.31. The van der Waals surface area contributed by atoms with E-state index in [0.29, 0.717) is 11.1 Å². The van der Waals surface area contributed by atoms with Crippen LogP contribution in [0, 0.1) is 5.92 Å². The van der Waals surface area contributed by atoms with Gasteiger partial charge in [-0.15, -0.1) is 0 Å². The van der Waals surface area contributed by atoms with Gasteiger partial charge in [0.25, 0.3) is 11.8 Å². The zero-order valence-electron chi connectivity index (χ0n) is 25.3. The first kappa shape index (κ1) is 29.2. The summed E-state index contributed by atoms with van der Waals surface area (Å²) in [6, 6.07) is 24.3. The molecule has 43 heavy (non-hydrogen) atoms. The molecule has 3 aromatic rings. The van der Waals surface area contributed by atoms with Crippen LogP contribution < -0.4 is 16.0 Å². The number of fused-ring (bicyclic) bond motifs is 1. The molecule has 6 heteroatoms. The molecule has 1 unspecified atom stereocenters. The molecule has 0 bridgehead atoms. The average molecular weight is 577 g/mol. The summed E-state index contributed by atoms with van der Waals surface area (Å²) in [5.41, 5.74) is 7.19. The van der Waals surface area contributed by atoms with E-state index in [1.807, 2.05) is 48.5 Å². The molecule has 3 N–H and O–H groups in total. The fourth-order valence-corrected chi connectivity index (χ4v) is 6.91. The van der Waals surface area contributed by atoms with E-state index in [-0.39, 0.29) is 23.8 Å². The third-order valence-electron chi connectivity index (χ3n) is 9.31. The molecule has 1 saturated carbocycles. The first-order valence-electron chi connectivity index (χ1n) is 16.2. The van der Waals surface area contributed by atoms with Gasteiger partial charge in [0.15, 0.2) is 0 Å². The first-order valence-corrected chi connectivity index (χ1v) is 16.2. The Morgan fingerprint density at radius 3 is 2.35 bits per heavy atom. The number of amides is 2. The summed E-state index contributed by atoms with van der Waals surface area (Å²) in [7, 11) is 0. The lowest BCUT2D eigenvalue weighted by Crippen LogP contribution is -2.29. The van der Waals surface area contributed by atoms with Crippen LogP contribution >= 0.6 is 0 Å². The van der Waals surface area contributed by atoms with E-state index in [4.69, 9.17) is 0 Å². The summed E-state index contributed by atoms with van der Waals surface area (Å²) < 4.78 is 0. The predicted molar refractivity (Wildman–Crippen MR) is 175 cm³/mol. The Morgan fingerprint density at radius 1 is 0.907 bits per heavy atom. The minimum absolute atomic E-state index is 0.0749. The molecule has 224 valence electrons. The minimum atomic E-state index is -0.131. The highest BCUT2D eigenvalue weighted by molar-refractivity contribution is 6.32. The van der Waals surface area contributed by atoms with Crippen molar-refractivity contribution < 1.29 is 9.59 Å². The third kappa shape index (κ3) is 6.86. The van der Waals surface area contributed by atoms with E-state index in [1.54, 1.807) is 0 Å². The van der Waals surface area contributed by atoms with Crippen molar-refractivity contribution in [3.8, 4) is 0 Å². The smallest absolute Gasteiger partial charge is 0.258 e. The van der Waals surface area contributed by atoms with Gasteiger partial charge in [0.05, 0.1) is 11.6 Å². The Morgan fingerprint density at radius 2 is 1.63 bits per heavy atom. The number of anilines is 2. The molecule has 3 aliphatic rings. The van der Waals surface area contributed by atoms with Gasteiger partial charge < -0.3 is 16.0 Å². The number of hydrogen-bond acceptors (Lipinski definition) is 4. The molecule has 1 atom stereocenters. The van der Waals surface area contributed by atoms with E-state index in [1.165, 1.54) is 44.3 Å². The number of allylic oxidation sites excluding steroid dienone is 1. The molecule has 6 rings (SSSR count). The van der Waals surface area contributed by atoms with Gasteiger partial charge in [-0.05, 0) is 92.6 Å². The van der Waals surface area contributed by atoms with Crippen molar-refractivity contribution in [2.45, 2.75) is 77.3 Å². The molecular weight excluding hydrogens is 532 g/mol. The topological polar surface area (TPSA) is 73.5 Å². The molecule has 3 aromatic carbocycles. The predicted octanol–water partition coefficient (Wildman–Crippen LogP) is 7.91. The van der Waals surface area contributed by atoms with Crippen LogP contribution in [0.15, 0.2) is 78.5 Å². The summed E-state index contributed by atoms with van der Waals surface area (Å²) >= 11 is 0. The molecule has 0 radical (unpaired) electrons. The highest BCUT2D eigenvalue weighted by Gasteiger charge is 2.32. The van der Waals surface area contributed by atoms with Gasteiger partial charge in [-0.2, -0.15) is 0 Å². The van der Waals surface area contributed by atoms with Crippen LogP contribution in [0.2, 0.25) is 0 Å². The van der Waals surface area contributed by atoms with Gasteiger partial charge in [0.1, 0.15) is 0 Å². The van der Waals surface area contributed by atoms with Crippen molar-refractivity contribution in [2.75, 3.05) is 23.7 Å². The van der Waals surface area contributed by atoms with E-state index in [9.17, 15) is 9.59 Å². The standard InChI is InChI=1S/C37H44N4O2/c1-2-32(27-12-6-3-7-13-27)39-36(42)29-18-21-33-31(24-29)34(37(43)40-33)35(28-14-8-4-9-15-28)38-30-19-16-26(17-20-30)25-41-22-10-5-11-23-41/h3,6-7,12-13,16-21,24,28,32,38H,2,4-5,8-11,14-15,22-23,25H2,1H3,(H,39,42)(H,40,43)/b35-34-. The van der Waals surface area contributed by atoms with Gasteiger partial charge in [-0.1, -0.05) is 75.1 Å². The number of carbonyl (C=O) groups excluding carboxylic acids is 2. The molecule has 1 aliphatic carbocycles. The number of benzene rings is 3. The summed E-state index contributed by atoms with van der Waals surface area (Å²) in [5.74, 6) is 0.0419. The van der Waals surface area contributed by atoms with Crippen LogP contribution in [0.4, 0.5) is 11.4 Å². The molecule has 2 amide bonds. The largest absolute Gasteiger partial charge is 0.358 e. The van der Waals surface area contributed by atoms with E-state index in [0.717, 1.165) is 66.8 Å². The summed E-state index contributed by atoms with van der Waals surface area (Å²) in [6.07, 6.45) is 10.4. The van der Waals surface area contributed by atoms with E-state index in [2.05, 4.69) is 52.0 Å². The number of piperidine rings is 1. The lowest BCUT2D eigenvalue weighted by Gasteiger charge is -2.28. The van der Waals surface area contributed by atoms with Crippen molar-refractivity contribution in [2.24, 2.45) is 5.92 Å². The summed E-state index contributed by atoms with van der Waals surface area (Å²) in [6.45, 7) is 5.42. The lowest BCUT2D eigenvalue weighted by atomic mass is 9.83. The van der Waals surface area contributed by atoms with Crippen molar-refractivity contribution >= 4 is 28.8 Å². The van der Waals surface area contributed by atoms with Crippen molar-refractivity contribution in [1.29, 1.82) is 0 Å². The van der Waals surface area contributed by atoms with Crippen LogP contribution in [-0.2, 0) is 11.3 Å². The van der Waals surface area contributed by atoms with E-state index >= 15 is 0 Å². The van der Waals surface area contributed by atoms with Gasteiger partial charge >= 0.3 is 0 Å². The zero-order valence-corrected chi connectivity index (χ0v) is 25.3. The van der Waals surface area contributed by atoms with Gasteiger partial charge in [-0.25, -0.2) is 0 Å². The Bertz CT molecular complexity index is 1450. The van der Waals surface area contributed by atoms with Crippen molar-refractivity contribution in [3.05, 3.63) is 101 Å². The number of nitrogens with one attached hydrogen (secondary N) is 3. The Hall–Kier alpha value is -3.90. The SMILES string of the molecule is CCC(NC(=O)c1ccc2c(c1)/C(=C(/Nc1ccc(CN3CCCCC3)cc1)C1CCCCC1)C(=O)N2)c1ccccc1. The molecule has 2 aliphatic heterocycles. The number of nitrogens with zero attached hydrogens (tertiary/aromatic N) is 1. The minimum Gasteiger partial charge on any atom is -0.358 e. The van der Waals surface area contributed by atoms with E-state index < -0.39 is 0 Å². The zero-order chi connectivity index (χ0) is 29.6. The van der Waals surface area contributed by atoms with Crippen molar-refractivity contribution in [3.63, 3.8) is 0 Å². The Labute approximate surface area is 256 Å². The van der Waals surface area contributed by atoms with Crippen LogP contribution in [0.5, 0.6) is 0 Å². The lowest BCUT2D eigenvalue weighted by molar-refractivity contribution is -0.110. The van der Waals surface area contributed by atoms with Crippen LogP contribution in [0.25, 0.3) is 5.57 Å². The molecule has 6 nitrogen and oxygen atoms in total. The first-order chi connectivity index (χ1) is 21.1. The fourth-order valence-electron chi connectivity index (χ4n) is 6.91. The number of rotatable bonds is 9. The Balaban J connectivity index is 1.28. The Kier molecular flexibility index (Phi) is 9.23. The quantitative estimate of drug-likeness (QED) is 0.226. The van der Waals surface area contributed by atoms with Gasteiger partial charge in [0.2, 0.25) is 0 Å². The van der Waals surface area contributed by atoms with Crippen molar-refractivity contribution in [1.82, 2.24) is 10.2 Å². The second-order valence-electron chi connectivity index (χ2n) is 12.3. The van der Waals surface area contributed by atoms with Gasteiger partial charge in [-0.3, -0.25) is 14.5 Å². The maximum Gasteiger partial charge on any atom is 0.258 e. The molecule has 2 fully saturated rings. The number of carbonyl (C=O) groups is 2. The second kappa shape index (κ2) is 13.6. The summed E-state index contributed by atoms with van der Waals surface area (Å²) in [5, 5.41) is 9.99. The fraction of sp³-hybridized carbons (Fsp3) is 0.405. The summed E-state index contributed by atoms with van der Waals surface area (Å²) in [4.78, 5) is 29.6. The highest BCUT2D eigenvalue weighted by atomic mass is 16.2. The molecule has 0 aromatic heterocycles. The molecule has 1 saturated heterocycles. The molecular formula is C37H44N4O2. The maximum absolute atomic E-state index is 13.6. The van der Waals surface area contributed by atoms with Crippen LogP contribution in [0.1, 0.15) is 97.8 Å². The average Bonchev–Trinajstić information content (AvgIpc) is 3.39. The monoisotopic (exact) mass is 576 g/mol. The molecule has 2 heterocycles.